The maximum atomic E-state index is 6.06. The lowest BCUT2D eigenvalue weighted by atomic mass is 10.3. The average Bonchev–Trinajstić information content (AvgIpc) is 2.52. The predicted octanol–water partition coefficient (Wildman–Crippen LogP) is 2.69. The van der Waals surface area contributed by atoms with Gasteiger partial charge in [-0.1, -0.05) is 0 Å². The van der Waals surface area contributed by atoms with Crippen molar-refractivity contribution in [2.75, 3.05) is 11.1 Å². The van der Waals surface area contributed by atoms with Crippen LogP contribution in [0.25, 0.3) is 0 Å². The Balaban J connectivity index is 1.86. The maximum Gasteiger partial charge on any atom is 0.248 e. The van der Waals surface area contributed by atoms with Crippen LogP contribution in [0, 0.1) is 6.92 Å². The van der Waals surface area contributed by atoms with E-state index in [-0.39, 0.29) is 5.88 Å². The van der Waals surface area contributed by atoms with Gasteiger partial charge in [0.25, 0.3) is 0 Å². The molecule has 0 aliphatic carbocycles. The number of rotatable bonds is 4. The Morgan fingerprint density at radius 2 is 2.05 bits per heavy atom. The molecule has 7 nitrogen and oxygen atoms in total. The molecule has 0 spiro atoms. The van der Waals surface area contributed by atoms with Crippen molar-refractivity contribution in [2.45, 2.75) is 6.92 Å². The molecule has 0 atom stereocenters. The minimum atomic E-state index is 0.262. The van der Waals surface area contributed by atoms with E-state index >= 15 is 0 Å². The molecule has 22 heavy (non-hydrogen) atoms. The van der Waals surface area contributed by atoms with Gasteiger partial charge < -0.3 is 15.8 Å². The zero-order valence-electron chi connectivity index (χ0n) is 11.9. The zero-order chi connectivity index (χ0) is 15.4. The van der Waals surface area contributed by atoms with Crippen molar-refractivity contribution < 1.29 is 4.74 Å². The maximum absolute atomic E-state index is 6.06. The molecular weight excluding hydrogens is 280 g/mol. The lowest BCUT2D eigenvalue weighted by Gasteiger charge is -2.11. The predicted molar refractivity (Wildman–Crippen MR) is 83.0 cm³/mol. The number of nitrogens with zero attached hydrogens (tertiary/aromatic N) is 4. The minimum Gasteiger partial charge on any atom is -0.435 e. The highest BCUT2D eigenvalue weighted by atomic mass is 16.5. The standard InChI is InChI=1S/C15H14N6O/c1-10-4-6-18-12(7-10)21-14-13(16)15(20-9-19-14)22-11-3-2-5-17-8-11/h2-9H,16H2,1H3,(H,18,19,20,21). The van der Waals surface area contributed by atoms with Gasteiger partial charge >= 0.3 is 0 Å². The van der Waals surface area contributed by atoms with Gasteiger partial charge in [-0.05, 0) is 36.8 Å². The van der Waals surface area contributed by atoms with E-state index in [4.69, 9.17) is 10.5 Å². The van der Waals surface area contributed by atoms with Crippen LogP contribution in [0.4, 0.5) is 17.3 Å². The van der Waals surface area contributed by atoms with Gasteiger partial charge in [-0.3, -0.25) is 4.98 Å². The van der Waals surface area contributed by atoms with Crippen molar-refractivity contribution >= 4 is 17.3 Å². The zero-order valence-corrected chi connectivity index (χ0v) is 11.9. The van der Waals surface area contributed by atoms with Gasteiger partial charge in [0, 0.05) is 12.4 Å². The number of aromatic nitrogens is 4. The summed E-state index contributed by atoms with van der Waals surface area (Å²) in [6, 6.07) is 7.33. The van der Waals surface area contributed by atoms with Gasteiger partial charge in [0.15, 0.2) is 5.82 Å². The van der Waals surface area contributed by atoms with Gasteiger partial charge in [0.2, 0.25) is 5.88 Å². The SMILES string of the molecule is Cc1ccnc(Nc2ncnc(Oc3cccnc3)c2N)c1. The Hall–Kier alpha value is -3.22. The lowest BCUT2D eigenvalue weighted by Crippen LogP contribution is -2.04. The van der Waals surface area contributed by atoms with Crippen LogP contribution >= 0.6 is 0 Å². The molecular formula is C15H14N6O. The van der Waals surface area contributed by atoms with E-state index < -0.39 is 0 Å². The first-order chi connectivity index (χ1) is 10.7. The van der Waals surface area contributed by atoms with Crippen molar-refractivity contribution in [2.24, 2.45) is 0 Å². The van der Waals surface area contributed by atoms with E-state index in [9.17, 15) is 0 Å². The molecule has 110 valence electrons. The first-order valence-electron chi connectivity index (χ1n) is 6.60. The van der Waals surface area contributed by atoms with E-state index in [1.165, 1.54) is 6.33 Å². The van der Waals surface area contributed by atoms with Crippen LogP contribution in [0.15, 0.2) is 49.2 Å². The number of nitrogens with two attached hydrogens (primary N) is 1. The Kier molecular flexibility index (Phi) is 3.78. The lowest BCUT2D eigenvalue weighted by molar-refractivity contribution is 0.462. The molecule has 7 heteroatoms. The molecule has 0 fully saturated rings. The highest BCUT2D eigenvalue weighted by Gasteiger charge is 2.11. The van der Waals surface area contributed by atoms with E-state index in [0.717, 1.165) is 5.56 Å². The minimum absolute atomic E-state index is 0.262. The first kappa shape index (κ1) is 13.7. The van der Waals surface area contributed by atoms with Crippen LogP contribution in [0.1, 0.15) is 5.56 Å². The average molecular weight is 294 g/mol. The summed E-state index contributed by atoms with van der Waals surface area (Å²) in [6.45, 7) is 1.98. The second-order valence-electron chi connectivity index (χ2n) is 4.58. The van der Waals surface area contributed by atoms with Crippen molar-refractivity contribution in [3.05, 3.63) is 54.7 Å². The van der Waals surface area contributed by atoms with Crippen LogP contribution in [0.3, 0.4) is 0 Å². The second-order valence-corrected chi connectivity index (χ2v) is 4.58. The molecule has 0 saturated carbocycles. The molecule has 0 radical (unpaired) electrons. The molecule has 3 rings (SSSR count). The molecule has 0 aliphatic heterocycles. The van der Waals surface area contributed by atoms with E-state index in [0.29, 0.717) is 23.1 Å². The van der Waals surface area contributed by atoms with Gasteiger partial charge in [0.05, 0.1) is 6.20 Å². The quantitative estimate of drug-likeness (QED) is 0.763. The smallest absolute Gasteiger partial charge is 0.248 e. The number of ether oxygens (including phenoxy) is 1. The fourth-order valence-electron chi connectivity index (χ4n) is 1.81. The van der Waals surface area contributed by atoms with E-state index in [2.05, 4.69) is 25.3 Å². The van der Waals surface area contributed by atoms with Crippen molar-refractivity contribution in [1.29, 1.82) is 0 Å². The first-order valence-corrected chi connectivity index (χ1v) is 6.60. The Morgan fingerprint density at radius 1 is 1.14 bits per heavy atom. The molecule has 3 aromatic rings. The van der Waals surface area contributed by atoms with Gasteiger partial charge in [-0.25, -0.2) is 9.97 Å². The summed E-state index contributed by atoms with van der Waals surface area (Å²) in [5, 5.41) is 3.06. The molecule has 0 aromatic carbocycles. The van der Waals surface area contributed by atoms with E-state index in [1.54, 1.807) is 30.7 Å². The summed E-state index contributed by atoms with van der Waals surface area (Å²) < 4.78 is 5.61. The summed E-state index contributed by atoms with van der Waals surface area (Å²) in [7, 11) is 0. The normalized spacial score (nSPS) is 10.2. The van der Waals surface area contributed by atoms with Crippen LogP contribution in [-0.2, 0) is 0 Å². The Bertz CT molecular complexity index is 778. The number of pyridine rings is 2. The third-order valence-corrected chi connectivity index (χ3v) is 2.86. The summed E-state index contributed by atoms with van der Waals surface area (Å²) in [5.74, 6) is 1.90. The molecule has 0 aliphatic rings. The molecule has 0 amide bonds. The summed E-state index contributed by atoms with van der Waals surface area (Å²) in [6.07, 6.45) is 6.33. The van der Waals surface area contributed by atoms with Crippen molar-refractivity contribution in [1.82, 2.24) is 19.9 Å². The highest BCUT2D eigenvalue weighted by molar-refractivity contribution is 5.71. The molecule has 3 N–H and O–H groups in total. The summed E-state index contributed by atoms with van der Waals surface area (Å²) in [4.78, 5) is 16.4. The largest absolute Gasteiger partial charge is 0.435 e. The van der Waals surface area contributed by atoms with E-state index in [1.807, 2.05) is 19.1 Å². The fourth-order valence-corrected chi connectivity index (χ4v) is 1.81. The monoisotopic (exact) mass is 294 g/mol. The third kappa shape index (κ3) is 3.09. The molecule has 0 saturated heterocycles. The number of aryl methyl sites for hydroxylation is 1. The summed E-state index contributed by atoms with van der Waals surface area (Å²) in [5.41, 5.74) is 7.44. The van der Waals surface area contributed by atoms with Gasteiger partial charge in [-0.2, -0.15) is 4.98 Å². The number of anilines is 3. The third-order valence-electron chi connectivity index (χ3n) is 2.86. The topological polar surface area (TPSA) is 98.8 Å². The second kappa shape index (κ2) is 6.04. The molecule has 3 heterocycles. The molecule has 0 bridgehead atoms. The van der Waals surface area contributed by atoms with Crippen molar-refractivity contribution in [3.63, 3.8) is 0 Å². The molecule has 3 aromatic heterocycles. The number of hydrogen-bond acceptors (Lipinski definition) is 7. The molecule has 0 unspecified atom stereocenters. The van der Waals surface area contributed by atoms with Crippen LogP contribution < -0.4 is 15.8 Å². The fraction of sp³-hybridized carbons (Fsp3) is 0.0667. The van der Waals surface area contributed by atoms with Crippen LogP contribution in [0.2, 0.25) is 0 Å². The number of nitrogen functional groups attached to an aromatic ring is 1. The summed E-state index contributed by atoms with van der Waals surface area (Å²) >= 11 is 0. The number of nitrogens with one attached hydrogen (secondary N) is 1. The van der Waals surface area contributed by atoms with Gasteiger partial charge in [-0.15, -0.1) is 0 Å². The van der Waals surface area contributed by atoms with Crippen molar-refractivity contribution in [3.8, 4) is 11.6 Å². The Labute approximate surface area is 127 Å². The number of hydrogen-bond donors (Lipinski definition) is 2. The van der Waals surface area contributed by atoms with Crippen LogP contribution in [0.5, 0.6) is 11.6 Å². The Morgan fingerprint density at radius 3 is 2.82 bits per heavy atom. The van der Waals surface area contributed by atoms with Crippen LogP contribution in [-0.4, -0.2) is 19.9 Å². The highest BCUT2D eigenvalue weighted by Crippen LogP contribution is 2.30. The van der Waals surface area contributed by atoms with Gasteiger partial charge in [0.1, 0.15) is 23.6 Å².